The monoisotopic (exact) mass is 828 g/mol. The number of anilines is 2. The number of unbranched alkanes of at least 4 members (excludes halogenated alkanes) is 2. The molecule has 14 nitrogen and oxygen atoms in total. The molecule has 2 atom stereocenters. The van der Waals surface area contributed by atoms with E-state index in [1.807, 2.05) is 0 Å². The van der Waals surface area contributed by atoms with Crippen LogP contribution in [0.5, 0.6) is 0 Å². The smallest absolute Gasteiger partial charge is 0.333 e. The van der Waals surface area contributed by atoms with Gasteiger partial charge in [0, 0.05) is 36.9 Å². The predicted molar refractivity (Wildman–Crippen MR) is 220 cm³/mol. The normalized spacial score (nSPS) is 20.5. The fourth-order valence-electron chi connectivity index (χ4n) is 10.0. The fraction of sp³-hybridized carbons (Fsp3) is 0.524. The first kappa shape index (κ1) is 40.0. The van der Waals surface area contributed by atoms with Crippen LogP contribution >= 0.6 is 0 Å². The third-order valence-electron chi connectivity index (χ3n) is 12.7. The zero-order valence-electron chi connectivity index (χ0n) is 32.8. The Bertz CT molecular complexity index is 2490. The van der Waals surface area contributed by atoms with E-state index >= 15 is 0 Å². The van der Waals surface area contributed by atoms with Crippen LogP contribution in [0, 0.1) is 0 Å². The molecule has 0 fully saturated rings. The number of aromatic nitrogens is 4. The molecule has 58 heavy (non-hydrogen) atoms. The highest BCUT2D eigenvalue weighted by molar-refractivity contribution is 7.90. The number of nitrogens with zero attached hydrogens (tertiary/aromatic N) is 5. The first-order chi connectivity index (χ1) is 28.0. The fourth-order valence-corrected chi connectivity index (χ4v) is 11.5. The van der Waals surface area contributed by atoms with Gasteiger partial charge in [-0.05, 0) is 158 Å². The summed E-state index contributed by atoms with van der Waals surface area (Å²) in [4.78, 5) is 22.9. The van der Waals surface area contributed by atoms with Crippen LogP contribution in [0.3, 0.4) is 0 Å². The lowest BCUT2D eigenvalue weighted by atomic mass is 9.90. The molecule has 0 saturated heterocycles. The predicted octanol–water partition coefficient (Wildman–Crippen LogP) is 6.75. The Labute approximate surface area is 340 Å². The standard InChI is InChI=1S/2C21H26N4O3S/c26-21-22-20-17-7-4-6-15(17)13-16-9-8-14(19(16)20)5-2-1-3-11-25-12-10-18(23-25)29(27,28)24-21;22-21-18-7-4-6-16(18)13-17-9-8-15(20(17)21)5-2-1-3-11-25-12-10-19(24-25)29(27,28)23-14-26/h10,12-14H,1-9,11H2,(H2,22,24,26);10,12-13,15H,1-9,11,22H2. The van der Waals surface area contributed by atoms with E-state index in [1.165, 1.54) is 75.9 Å². The van der Waals surface area contributed by atoms with Crippen molar-refractivity contribution in [2.75, 3.05) is 11.1 Å². The topological polar surface area (TPSA) is 201 Å². The van der Waals surface area contributed by atoms with Gasteiger partial charge in [0.25, 0.3) is 16.1 Å². The van der Waals surface area contributed by atoms with Gasteiger partial charge in [-0.2, -0.15) is 27.0 Å². The van der Waals surface area contributed by atoms with Gasteiger partial charge in [-0.15, -0.1) is 0 Å². The summed E-state index contributed by atoms with van der Waals surface area (Å²) in [5.41, 5.74) is 19.3. The summed E-state index contributed by atoms with van der Waals surface area (Å²) < 4.78 is 56.7. The van der Waals surface area contributed by atoms with Gasteiger partial charge in [0.2, 0.25) is 0 Å². The van der Waals surface area contributed by atoms with E-state index in [0.29, 0.717) is 24.9 Å². The number of benzene rings is 2. The molecule has 2 amide bonds. The highest BCUT2D eigenvalue weighted by atomic mass is 32.2. The maximum Gasteiger partial charge on any atom is 0.333 e. The number of rotatable bonds is 8. The summed E-state index contributed by atoms with van der Waals surface area (Å²) in [5.74, 6) is 1.00. The number of carbonyl (C=O) groups is 1. The number of amides is 2. The third-order valence-corrected chi connectivity index (χ3v) is 15.0. The number of sulfonamides is 2. The molecular weight excluding hydrogens is 777 g/mol. The van der Waals surface area contributed by atoms with Crippen LogP contribution in [-0.2, 0) is 76.5 Å². The summed E-state index contributed by atoms with van der Waals surface area (Å²) in [6.45, 7) is 1.32. The van der Waals surface area contributed by atoms with Gasteiger partial charge in [0.05, 0.1) is 0 Å². The first-order valence-electron chi connectivity index (χ1n) is 20.9. The van der Waals surface area contributed by atoms with E-state index in [0.717, 1.165) is 114 Å². The molecule has 2 aromatic heterocycles. The van der Waals surface area contributed by atoms with Gasteiger partial charge in [-0.1, -0.05) is 42.2 Å². The van der Waals surface area contributed by atoms with Gasteiger partial charge in [0.15, 0.2) is 10.1 Å². The lowest BCUT2D eigenvalue weighted by Crippen LogP contribution is -2.35. The number of urea groups is 1. The van der Waals surface area contributed by atoms with Crippen molar-refractivity contribution >= 4 is 43.5 Å². The van der Waals surface area contributed by atoms with Crippen LogP contribution in [0.4, 0.5) is 16.2 Å². The number of nitrogens with one attached hydrogen (secondary N) is 2. The number of carbonyl (C=O) groups excluding carboxylic acids is 2. The Balaban J connectivity index is 0.000000162. The van der Waals surface area contributed by atoms with Gasteiger partial charge in [-0.3, -0.25) is 9.36 Å². The molecule has 2 bridgehead atoms. The molecule has 308 valence electrons. The van der Waals surface area contributed by atoms with Crippen molar-refractivity contribution in [3.8, 4) is 0 Å². The molecule has 5 aliphatic rings. The molecule has 4 aromatic rings. The number of hydrogen-bond donors (Lipinski definition) is 3. The summed E-state index contributed by atoms with van der Waals surface area (Å²) in [6, 6.07) is 6.83. The molecule has 0 spiro atoms. The number of hydrogen-bond acceptors (Lipinski definition) is 9. The Morgan fingerprint density at radius 3 is 2.40 bits per heavy atom. The average molecular weight is 829 g/mol. The lowest BCUT2D eigenvalue weighted by Gasteiger charge is -2.20. The molecular formula is C42H52N8O6S2. The van der Waals surface area contributed by atoms with Crippen molar-refractivity contribution in [1.82, 2.24) is 24.3 Å². The Kier molecular flexibility index (Phi) is 11.6. The van der Waals surface area contributed by atoms with E-state index in [2.05, 4.69) is 36.8 Å². The van der Waals surface area contributed by atoms with E-state index in [1.54, 1.807) is 21.8 Å². The molecule has 0 saturated carbocycles. The second kappa shape index (κ2) is 16.8. The Hall–Kier alpha value is -4.79. The zero-order chi connectivity index (χ0) is 40.4. The van der Waals surface area contributed by atoms with Crippen LogP contribution in [0.2, 0.25) is 0 Å². The van der Waals surface area contributed by atoms with Crippen molar-refractivity contribution < 1.29 is 26.4 Å². The molecule has 9 rings (SSSR count). The molecule has 4 aliphatic carbocycles. The molecule has 1 aliphatic heterocycles. The van der Waals surface area contributed by atoms with E-state index in [-0.39, 0.29) is 10.1 Å². The maximum absolute atomic E-state index is 12.7. The van der Waals surface area contributed by atoms with Crippen molar-refractivity contribution in [2.24, 2.45) is 4.40 Å². The van der Waals surface area contributed by atoms with Crippen LogP contribution in [0.25, 0.3) is 0 Å². The quantitative estimate of drug-likeness (QED) is 0.0743. The average Bonchev–Trinajstić information content (AvgIpc) is 4.03. The number of nitrogens with two attached hydrogens (primary N) is 1. The third kappa shape index (κ3) is 8.37. The van der Waals surface area contributed by atoms with Crippen LogP contribution in [0.1, 0.15) is 133 Å². The van der Waals surface area contributed by atoms with Crippen molar-refractivity contribution in [3.63, 3.8) is 0 Å². The zero-order valence-corrected chi connectivity index (χ0v) is 34.5. The maximum atomic E-state index is 12.7. The minimum Gasteiger partial charge on any atom is -0.398 e. The summed E-state index contributed by atoms with van der Waals surface area (Å²) in [5, 5.41) is 10.7. The number of nitrogen functional groups attached to an aromatic ring is 1. The molecule has 2 aromatic carbocycles. The van der Waals surface area contributed by atoms with Crippen molar-refractivity contribution in [3.05, 3.63) is 81.2 Å². The number of fused-ring (bicyclic) bond motifs is 6. The second-order valence-electron chi connectivity index (χ2n) is 16.4. The van der Waals surface area contributed by atoms with Gasteiger partial charge < -0.3 is 11.1 Å². The second-order valence-corrected chi connectivity index (χ2v) is 19.6. The largest absolute Gasteiger partial charge is 0.398 e. The van der Waals surface area contributed by atoms with Crippen LogP contribution in [-0.4, -0.2) is 48.5 Å². The van der Waals surface area contributed by atoms with E-state index in [4.69, 9.17) is 5.73 Å². The highest BCUT2D eigenvalue weighted by Crippen LogP contribution is 2.47. The van der Waals surface area contributed by atoms with Gasteiger partial charge in [0.1, 0.15) is 0 Å². The lowest BCUT2D eigenvalue weighted by molar-refractivity contribution is 0.256. The summed E-state index contributed by atoms with van der Waals surface area (Å²) >= 11 is 0. The van der Waals surface area contributed by atoms with Crippen LogP contribution in [0.15, 0.2) is 51.1 Å². The van der Waals surface area contributed by atoms with E-state index in [9.17, 15) is 26.4 Å². The first-order valence-corrected chi connectivity index (χ1v) is 23.8. The molecule has 0 radical (unpaired) electrons. The summed E-state index contributed by atoms with van der Waals surface area (Å²) in [6.07, 6.45) is 23.8. The Morgan fingerprint density at radius 1 is 0.828 bits per heavy atom. The minimum atomic E-state index is -4.02. The summed E-state index contributed by atoms with van der Waals surface area (Å²) in [7, 11) is -8.02. The van der Waals surface area contributed by atoms with Gasteiger partial charge >= 0.3 is 16.1 Å². The van der Waals surface area contributed by atoms with Gasteiger partial charge in [-0.25, -0.2) is 14.3 Å². The number of aryl methyl sites for hydroxylation is 6. The van der Waals surface area contributed by atoms with Crippen molar-refractivity contribution in [1.29, 1.82) is 0 Å². The Morgan fingerprint density at radius 2 is 1.59 bits per heavy atom. The highest BCUT2D eigenvalue weighted by Gasteiger charge is 2.32. The number of isocyanates is 1. The molecule has 16 heteroatoms. The molecule has 2 unspecified atom stereocenters. The van der Waals surface area contributed by atoms with E-state index < -0.39 is 26.1 Å². The molecule has 4 N–H and O–H groups in total. The SMILES string of the molecule is Nc1c2c(cc3c1C(CCCCCn1ccc(S(=O)(=O)N=C=O)n1)CC3)CCC2.O=C1Nc2c3c(cc4c2C(CCCCCn2ccc(n2)S(=O)(=O)N1)CC4)CCC3. The van der Waals surface area contributed by atoms with Crippen LogP contribution < -0.4 is 15.8 Å². The molecule has 3 heterocycles. The van der Waals surface area contributed by atoms with Crippen molar-refractivity contribution in [2.45, 2.75) is 151 Å². The minimum absolute atomic E-state index is 0.121.